The van der Waals surface area contributed by atoms with Crippen molar-refractivity contribution in [1.82, 2.24) is 15.2 Å². The molecule has 3 N–H and O–H groups in total. The third-order valence-electron chi connectivity index (χ3n) is 4.70. The molecular weight excluding hydrogens is 358 g/mol. The maximum atomic E-state index is 12.7. The summed E-state index contributed by atoms with van der Waals surface area (Å²) in [5.41, 5.74) is 6.55. The van der Waals surface area contributed by atoms with Gasteiger partial charge in [-0.3, -0.25) is 14.6 Å². The van der Waals surface area contributed by atoms with Crippen molar-refractivity contribution in [2.45, 2.75) is 25.3 Å². The second kappa shape index (κ2) is 9.15. The Balaban J connectivity index is 1.71. The number of carbonyl (C=O) groups is 2. The molecule has 2 amide bonds. The molecule has 0 radical (unpaired) electrons. The van der Waals surface area contributed by atoms with Gasteiger partial charge >= 0.3 is 0 Å². The number of ether oxygens (including phenoxy) is 1. The number of nitrogens with zero attached hydrogens (tertiary/aromatic N) is 3. The van der Waals surface area contributed by atoms with Gasteiger partial charge in [-0.1, -0.05) is 0 Å². The lowest BCUT2D eigenvalue weighted by Crippen LogP contribution is -2.42. The van der Waals surface area contributed by atoms with Crippen LogP contribution in [0.1, 0.15) is 29.6 Å². The van der Waals surface area contributed by atoms with Crippen LogP contribution in [0, 0.1) is 11.3 Å². The highest BCUT2D eigenvalue weighted by atomic mass is 16.5. The Labute approximate surface area is 163 Å². The average molecular weight is 381 g/mol. The summed E-state index contributed by atoms with van der Waals surface area (Å²) in [7, 11) is 0. The van der Waals surface area contributed by atoms with Crippen molar-refractivity contribution in [2.24, 2.45) is 5.73 Å². The molecule has 2 heterocycles. The Kier molecular flexibility index (Phi) is 6.40. The highest BCUT2D eigenvalue weighted by Crippen LogP contribution is 2.23. The zero-order valence-electron chi connectivity index (χ0n) is 15.6. The normalized spacial score (nSPS) is 16.0. The van der Waals surface area contributed by atoms with E-state index in [2.05, 4.69) is 16.4 Å². The van der Waals surface area contributed by atoms with Gasteiger partial charge < -0.3 is 20.7 Å². The average Bonchev–Trinajstić information content (AvgIpc) is 3.20. The molecule has 146 valence electrons. The molecule has 1 aromatic heterocycles. The molecule has 2 aromatic rings. The maximum absolute atomic E-state index is 12.7. The number of hydrogen-bond donors (Lipinski definition) is 2. The Morgan fingerprint density at radius 3 is 3.04 bits per heavy atom. The fourth-order valence-corrected chi connectivity index (χ4v) is 3.24. The van der Waals surface area contributed by atoms with Gasteiger partial charge in [0.1, 0.15) is 11.8 Å². The molecule has 1 atom stereocenters. The number of fused-ring (bicyclic) bond motifs is 1. The molecule has 8 nitrogen and oxygen atoms in total. The molecule has 0 bridgehead atoms. The van der Waals surface area contributed by atoms with Crippen LogP contribution < -0.4 is 15.8 Å². The van der Waals surface area contributed by atoms with Crippen LogP contribution >= 0.6 is 0 Å². The summed E-state index contributed by atoms with van der Waals surface area (Å²) in [5.74, 6) is 0.0159. The van der Waals surface area contributed by atoms with E-state index in [1.807, 2.05) is 0 Å². The highest BCUT2D eigenvalue weighted by Gasteiger charge is 2.28. The van der Waals surface area contributed by atoms with Crippen molar-refractivity contribution in [1.29, 1.82) is 5.26 Å². The van der Waals surface area contributed by atoms with E-state index < -0.39 is 6.04 Å². The Bertz CT molecular complexity index is 908. The number of pyridine rings is 1. The minimum absolute atomic E-state index is 0.145. The second-order valence-corrected chi connectivity index (χ2v) is 6.59. The largest absolute Gasteiger partial charge is 0.494 e. The van der Waals surface area contributed by atoms with E-state index >= 15 is 0 Å². The summed E-state index contributed by atoms with van der Waals surface area (Å²) < 4.78 is 5.65. The molecular formula is C20H23N5O3. The van der Waals surface area contributed by atoms with Gasteiger partial charge in [-0.15, -0.1) is 0 Å². The minimum atomic E-state index is -0.403. The number of amides is 2. The lowest BCUT2D eigenvalue weighted by Gasteiger charge is -2.19. The van der Waals surface area contributed by atoms with Crippen molar-refractivity contribution >= 4 is 22.7 Å². The molecule has 1 aromatic carbocycles. The fraction of sp³-hybridized carbons (Fsp3) is 0.400. The van der Waals surface area contributed by atoms with Gasteiger partial charge in [-0.05, 0) is 50.1 Å². The van der Waals surface area contributed by atoms with Gasteiger partial charge in [0.25, 0.3) is 5.91 Å². The van der Waals surface area contributed by atoms with Crippen LogP contribution in [-0.4, -0.2) is 54.0 Å². The lowest BCUT2D eigenvalue weighted by atomic mass is 10.1. The third kappa shape index (κ3) is 4.38. The Hall–Kier alpha value is -3.18. The predicted molar refractivity (Wildman–Crippen MR) is 104 cm³/mol. The molecule has 0 saturated carbocycles. The number of benzene rings is 1. The molecule has 0 spiro atoms. The van der Waals surface area contributed by atoms with E-state index in [-0.39, 0.29) is 18.4 Å². The summed E-state index contributed by atoms with van der Waals surface area (Å²) in [6, 6.07) is 8.69. The number of hydrogen-bond acceptors (Lipinski definition) is 6. The van der Waals surface area contributed by atoms with E-state index in [1.165, 1.54) is 4.90 Å². The summed E-state index contributed by atoms with van der Waals surface area (Å²) >= 11 is 0. The van der Waals surface area contributed by atoms with Gasteiger partial charge in [0.05, 0.1) is 30.3 Å². The third-order valence-corrected chi connectivity index (χ3v) is 4.70. The Morgan fingerprint density at radius 1 is 1.39 bits per heavy atom. The zero-order valence-corrected chi connectivity index (χ0v) is 15.6. The van der Waals surface area contributed by atoms with Crippen molar-refractivity contribution < 1.29 is 14.3 Å². The highest BCUT2D eigenvalue weighted by molar-refractivity contribution is 6.07. The van der Waals surface area contributed by atoms with Gasteiger partial charge in [-0.2, -0.15) is 5.26 Å². The van der Waals surface area contributed by atoms with E-state index in [0.29, 0.717) is 48.3 Å². The Morgan fingerprint density at radius 2 is 2.25 bits per heavy atom. The number of nitriles is 1. The van der Waals surface area contributed by atoms with Crippen LogP contribution in [0.2, 0.25) is 0 Å². The van der Waals surface area contributed by atoms with Crippen LogP contribution in [0.3, 0.4) is 0 Å². The molecule has 28 heavy (non-hydrogen) atoms. The molecule has 3 rings (SSSR count). The van der Waals surface area contributed by atoms with E-state index in [1.54, 1.807) is 30.5 Å². The number of nitrogens with two attached hydrogens (primary N) is 1. The van der Waals surface area contributed by atoms with Gasteiger partial charge in [0, 0.05) is 18.1 Å². The van der Waals surface area contributed by atoms with Crippen LogP contribution in [0.5, 0.6) is 5.75 Å². The van der Waals surface area contributed by atoms with Gasteiger partial charge in [-0.25, -0.2) is 0 Å². The minimum Gasteiger partial charge on any atom is -0.494 e. The molecule has 1 fully saturated rings. The zero-order chi connectivity index (χ0) is 19.9. The SMILES string of the molecule is N#CC1CCCN1C(=O)CNC(=O)c1ccnc2ccc(OCCCN)cc12. The van der Waals surface area contributed by atoms with Gasteiger partial charge in [0.15, 0.2) is 0 Å². The van der Waals surface area contributed by atoms with E-state index in [9.17, 15) is 9.59 Å². The van der Waals surface area contributed by atoms with Crippen molar-refractivity contribution in [3.8, 4) is 11.8 Å². The first kappa shape index (κ1) is 19.6. The smallest absolute Gasteiger partial charge is 0.252 e. The molecule has 1 aliphatic heterocycles. The molecule has 1 saturated heterocycles. The summed E-state index contributed by atoms with van der Waals surface area (Å²) in [6.45, 7) is 1.44. The summed E-state index contributed by atoms with van der Waals surface area (Å²) in [4.78, 5) is 30.8. The predicted octanol–water partition coefficient (Wildman–Crippen LogP) is 1.21. The van der Waals surface area contributed by atoms with Crippen LogP contribution in [0.25, 0.3) is 10.9 Å². The standard InChI is InChI=1S/C20H23N5O3/c21-7-2-10-28-15-4-5-18-17(11-15)16(6-8-23-18)20(27)24-13-19(26)25-9-1-3-14(25)12-22/h4-6,8,11,14H,1-3,7,9-10,13,21H2,(H,24,27). The number of likely N-dealkylation sites (tertiary alicyclic amines) is 1. The second-order valence-electron chi connectivity index (χ2n) is 6.59. The quantitative estimate of drug-likeness (QED) is 0.695. The fourth-order valence-electron chi connectivity index (χ4n) is 3.24. The lowest BCUT2D eigenvalue weighted by molar-refractivity contribution is -0.130. The maximum Gasteiger partial charge on any atom is 0.252 e. The van der Waals surface area contributed by atoms with Crippen molar-refractivity contribution in [3.05, 3.63) is 36.0 Å². The van der Waals surface area contributed by atoms with Crippen molar-refractivity contribution in [2.75, 3.05) is 26.2 Å². The molecule has 0 aliphatic carbocycles. The molecule has 1 unspecified atom stereocenters. The number of carbonyl (C=O) groups excluding carboxylic acids is 2. The monoisotopic (exact) mass is 381 g/mol. The van der Waals surface area contributed by atoms with Crippen LogP contribution in [0.15, 0.2) is 30.5 Å². The van der Waals surface area contributed by atoms with E-state index in [0.717, 1.165) is 12.8 Å². The van der Waals surface area contributed by atoms with Crippen molar-refractivity contribution in [3.63, 3.8) is 0 Å². The topological polar surface area (TPSA) is 121 Å². The number of rotatable bonds is 7. The first-order valence-electron chi connectivity index (χ1n) is 9.33. The number of aromatic nitrogens is 1. The van der Waals surface area contributed by atoms with Crippen LogP contribution in [-0.2, 0) is 4.79 Å². The molecule has 1 aliphatic rings. The summed E-state index contributed by atoms with van der Waals surface area (Å²) in [6.07, 6.45) is 3.78. The molecule has 8 heteroatoms. The van der Waals surface area contributed by atoms with E-state index in [4.69, 9.17) is 15.7 Å². The first-order chi connectivity index (χ1) is 13.6. The summed E-state index contributed by atoms with van der Waals surface area (Å²) in [5, 5.41) is 12.4. The van der Waals surface area contributed by atoms with Crippen LogP contribution in [0.4, 0.5) is 0 Å². The first-order valence-corrected chi connectivity index (χ1v) is 9.33. The number of nitrogens with one attached hydrogen (secondary N) is 1. The van der Waals surface area contributed by atoms with Gasteiger partial charge in [0.2, 0.25) is 5.91 Å².